The van der Waals surface area contributed by atoms with Crippen LogP contribution in [0.15, 0.2) is 17.1 Å². The number of aryl methyl sites for hydroxylation is 1. The van der Waals surface area contributed by atoms with Gasteiger partial charge in [-0.25, -0.2) is 9.18 Å². The molecule has 0 spiro atoms. The van der Waals surface area contributed by atoms with Crippen LogP contribution in [-0.4, -0.2) is 41.7 Å². The van der Waals surface area contributed by atoms with Crippen LogP contribution in [0, 0.1) is 24.6 Å². The van der Waals surface area contributed by atoms with Gasteiger partial charge in [0.15, 0.2) is 5.82 Å². The zero-order valence-corrected chi connectivity index (χ0v) is 15.2. The van der Waals surface area contributed by atoms with Crippen LogP contribution >= 0.6 is 0 Å². The van der Waals surface area contributed by atoms with Gasteiger partial charge in [-0.15, -0.1) is 0 Å². The van der Waals surface area contributed by atoms with Crippen molar-refractivity contribution in [2.45, 2.75) is 25.7 Å². The molecule has 0 aromatic carbocycles. The van der Waals surface area contributed by atoms with E-state index in [-0.39, 0.29) is 11.5 Å². The minimum Gasteiger partial charge on any atom is -0.477 e. The Balaban J connectivity index is 1.73. The van der Waals surface area contributed by atoms with Crippen molar-refractivity contribution in [1.82, 2.24) is 9.72 Å². The fourth-order valence-corrected chi connectivity index (χ4v) is 4.93. The number of nitrogens with zero attached hydrogens (tertiary/aromatic N) is 2. The minimum atomic E-state index is -1.27. The summed E-state index contributed by atoms with van der Waals surface area (Å²) in [6.07, 6.45) is 3.13. The molecule has 0 radical (unpaired) electrons. The van der Waals surface area contributed by atoms with Crippen molar-refractivity contribution in [1.29, 1.82) is 0 Å². The summed E-state index contributed by atoms with van der Waals surface area (Å²) in [7, 11) is 0. The molecule has 3 aliphatic rings. The average molecular weight is 371 g/mol. The molecule has 4 heterocycles. The number of fused-ring (bicyclic) bond motifs is 2. The van der Waals surface area contributed by atoms with Gasteiger partial charge in [-0.05, 0) is 54.7 Å². The number of aromatic carboxylic acids is 1. The third-order valence-corrected chi connectivity index (χ3v) is 6.40. The Labute approximate surface area is 155 Å². The van der Waals surface area contributed by atoms with Gasteiger partial charge in [-0.1, -0.05) is 0 Å². The third kappa shape index (κ3) is 2.48. The lowest BCUT2D eigenvalue weighted by molar-refractivity contribution is 0.0694. The number of aromatic nitrogens is 1. The quantitative estimate of drug-likeness (QED) is 0.863. The van der Waals surface area contributed by atoms with Crippen molar-refractivity contribution >= 4 is 17.2 Å². The number of halogens is 1. The first-order chi connectivity index (χ1) is 13.0. The molecule has 1 saturated carbocycles. The highest BCUT2D eigenvalue weighted by Crippen LogP contribution is 2.44. The molecular weight excluding hydrogens is 349 g/mol. The number of nitrogens with one attached hydrogen (secondary N) is 1. The summed E-state index contributed by atoms with van der Waals surface area (Å²) in [4.78, 5) is 26.3. The molecule has 142 valence electrons. The molecule has 1 aliphatic carbocycles. The Kier molecular flexibility index (Phi) is 3.59. The van der Waals surface area contributed by atoms with Crippen LogP contribution in [-0.2, 0) is 0 Å². The van der Waals surface area contributed by atoms with Gasteiger partial charge >= 0.3 is 5.97 Å². The van der Waals surface area contributed by atoms with Crippen LogP contribution in [0.3, 0.4) is 0 Å². The van der Waals surface area contributed by atoms with E-state index in [1.54, 1.807) is 0 Å². The number of pyridine rings is 2. The molecule has 2 aromatic rings. The maximum atomic E-state index is 15.1. The highest BCUT2D eigenvalue weighted by Gasteiger charge is 2.38. The number of hydrogen-bond donors (Lipinski definition) is 2. The van der Waals surface area contributed by atoms with Gasteiger partial charge in [0.2, 0.25) is 0 Å². The molecule has 0 unspecified atom stereocenters. The monoisotopic (exact) mass is 371 g/mol. The van der Waals surface area contributed by atoms with E-state index in [1.165, 1.54) is 16.7 Å². The molecule has 27 heavy (non-hydrogen) atoms. The van der Waals surface area contributed by atoms with E-state index in [1.807, 2.05) is 6.92 Å². The standard InChI is InChI=1S/C20H22FN3O3/c1-10-17-14(11-2-3-11)4-15(20(26)27)19(25)24(17)9-16(21)18(10)23-7-12-5-22-6-13(12)8-23/h4,9,11-13,22H,2-3,5-8H2,1H3,(H,26,27)/t12-,13+. The maximum Gasteiger partial charge on any atom is 0.341 e. The van der Waals surface area contributed by atoms with Crippen LogP contribution in [0.25, 0.3) is 5.52 Å². The van der Waals surface area contributed by atoms with Gasteiger partial charge in [0.25, 0.3) is 5.56 Å². The van der Waals surface area contributed by atoms with E-state index >= 15 is 4.39 Å². The number of anilines is 1. The zero-order chi connectivity index (χ0) is 18.9. The molecule has 7 heteroatoms. The average Bonchev–Trinajstić information content (AvgIpc) is 3.24. The Bertz CT molecular complexity index is 1020. The Morgan fingerprint density at radius 2 is 1.93 bits per heavy atom. The molecule has 2 saturated heterocycles. The van der Waals surface area contributed by atoms with E-state index in [2.05, 4.69) is 10.2 Å². The molecule has 3 fully saturated rings. The van der Waals surface area contributed by atoms with Crippen LogP contribution in [0.4, 0.5) is 10.1 Å². The van der Waals surface area contributed by atoms with Crippen molar-refractivity contribution in [2.75, 3.05) is 31.1 Å². The molecule has 6 nitrogen and oxygen atoms in total. The Hall–Kier alpha value is -2.41. The van der Waals surface area contributed by atoms with E-state index in [0.717, 1.165) is 50.1 Å². The zero-order valence-electron chi connectivity index (χ0n) is 15.2. The molecule has 2 atom stereocenters. The molecule has 0 amide bonds. The van der Waals surface area contributed by atoms with Crippen LogP contribution in [0.1, 0.15) is 40.2 Å². The summed E-state index contributed by atoms with van der Waals surface area (Å²) in [5.41, 5.74) is 1.87. The third-order valence-electron chi connectivity index (χ3n) is 6.40. The largest absolute Gasteiger partial charge is 0.477 e. The Morgan fingerprint density at radius 3 is 2.52 bits per heavy atom. The van der Waals surface area contributed by atoms with E-state index in [9.17, 15) is 14.7 Å². The summed E-state index contributed by atoms with van der Waals surface area (Å²) in [6.45, 7) is 5.39. The fourth-order valence-electron chi connectivity index (χ4n) is 4.93. The second-order valence-corrected chi connectivity index (χ2v) is 8.15. The van der Waals surface area contributed by atoms with Gasteiger partial charge < -0.3 is 15.3 Å². The van der Waals surface area contributed by atoms with Crippen LogP contribution < -0.4 is 15.8 Å². The summed E-state index contributed by atoms with van der Waals surface area (Å²) in [5.74, 6) is -0.422. The van der Waals surface area contributed by atoms with E-state index in [0.29, 0.717) is 23.0 Å². The molecular formula is C20H22FN3O3. The number of hydrogen-bond acceptors (Lipinski definition) is 4. The first-order valence-electron chi connectivity index (χ1n) is 9.53. The van der Waals surface area contributed by atoms with Crippen molar-refractivity contribution in [3.8, 4) is 0 Å². The van der Waals surface area contributed by atoms with Gasteiger partial charge in [0.05, 0.1) is 17.4 Å². The van der Waals surface area contributed by atoms with E-state index in [4.69, 9.17) is 0 Å². The highest BCUT2D eigenvalue weighted by atomic mass is 19.1. The molecule has 2 aromatic heterocycles. The predicted molar refractivity (Wildman–Crippen MR) is 99.4 cm³/mol. The van der Waals surface area contributed by atoms with Crippen molar-refractivity contribution in [2.24, 2.45) is 11.8 Å². The lowest BCUT2D eigenvalue weighted by atomic mass is 10.0. The SMILES string of the molecule is Cc1c(N2C[C@H]3CNC[C@H]3C2)c(F)cn2c(=O)c(C(=O)O)cc(C3CC3)c12. The summed E-state index contributed by atoms with van der Waals surface area (Å²) >= 11 is 0. The number of rotatable bonds is 3. The van der Waals surface area contributed by atoms with Crippen LogP contribution in [0.2, 0.25) is 0 Å². The molecule has 5 rings (SSSR count). The van der Waals surface area contributed by atoms with E-state index < -0.39 is 17.3 Å². The van der Waals surface area contributed by atoms with Gasteiger partial charge in [0.1, 0.15) is 5.56 Å². The van der Waals surface area contributed by atoms with Gasteiger partial charge in [-0.2, -0.15) is 0 Å². The second-order valence-electron chi connectivity index (χ2n) is 8.15. The van der Waals surface area contributed by atoms with Crippen molar-refractivity contribution in [3.05, 3.63) is 45.1 Å². The van der Waals surface area contributed by atoms with Crippen molar-refractivity contribution < 1.29 is 14.3 Å². The fraction of sp³-hybridized carbons (Fsp3) is 0.500. The topological polar surface area (TPSA) is 74.0 Å². The van der Waals surface area contributed by atoms with Crippen LogP contribution in [0.5, 0.6) is 0 Å². The maximum absolute atomic E-state index is 15.1. The first-order valence-corrected chi connectivity index (χ1v) is 9.53. The summed E-state index contributed by atoms with van der Waals surface area (Å²) < 4.78 is 16.3. The Morgan fingerprint density at radius 1 is 1.26 bits per heavy atom. The summed E-state index contributed by atoms with van der Waals surface area (Å²) in [5, 5.41) is 12.8. The lowest BCUT2D eigenvalue weighted by Gasteiger charge is -2.25. The van der Waals surface area contributed by atoms with Crippen molar-refractivity contribution in [3.63, 3.8) is 0 Å². The molecule has 2 aliphatic heterocycles. The first kappa shape index (κ1) is 16.7. The van der Waals surface area contributed by atoms with Gasteiger partial charge in [-0.3, -0.25) is 9.20 Å². The molecule has 2 N–H and O–H groups in total. The smallest absolute Gasteiger partial charge is 0.341 e. The highest BCUT2D eigenvalue weighted by molar-refractivity contribution is 5.89. The molecule has 0 bridgehead atoms. The lowest BCUT2D eigenvalue weighted by Crippen LogP contribution is -2.29. The predicted octanol–water partition coefficient (Wildman–Crippen LogP) is 1.98. The normalized spacial score (nSPS) is 24.6. The second kappa shape index (κ2) is 5.79. The summed E-state index contributed by atoms with van der Waals surface area (Å²) in [6, 6.07) is 1.51. The number of carboxylic acid groups (broad SMARTS) is 1. The number of carbonyl (C=O) groups is 1. The minimum absolute atomic E-state index is 0.248. The number of carboxylic acids is 1. The van der Waals surface area contributed by atoms with Gasteiger partial charge in [0, 0.05) is 26.2 Å².